The third kappa shape index (κ3) is 5.41. The number of carbonyl (C=O) groups is 1. The van der Waals surface area contributed by atoms with E-state index in [1.165, 1.54) is 0 Å². The van der Waals surface area contributed by atoms with E-state index in [1.807, 2.05) is 65.5 Å². The van der Waals surface area contributed by atoms with Gasteiger partial charge in [-0.25, -0.2) is 4.68 Å². The van der Waals surface area contributed by atoms with Crippen LogP contribution in [-0.4, -0.2) is 29.4 Å². The van der Waals surface area contributed by atoms with Crippen molar-refractivity contribution in [3.05, 3.63) is 96.2 Å². The molecule has 0 spiro atoms. The van der Waals surface area contributed by atoms with Gasteiger partial charge in [-0.15, -0.1) is 0 Å². The lowest BCUT2D eigenvalue weighted by atomic mass is 10.1. The van der Waals surface area contributed by atoms with Gasteiger partial charge in [-0.3, -0.25) is 4.79 Å². The van der Waals surface area contributed by atoms with Crippen molar-refractivity contribution in [1.29, 1.82) is 0 Å². The van der Waals surface area contributed by atoms with E-state index in [-0.39, 0.29) is 5.91 Å². The van der Waals surface area contributed by atoms with Crippen LogP contribution in [0, 0.1) is 0 Å². The molecule has 0 atom stereocenters. The maximum absolute atomic E-state index is 12.7. The second-order valence-electron chi connectivity index (χ2n) is 7.57. The first kappa shape index (κ1) is 22.1. The number of hydrogen-bond donors (Lipinski definition) is 1. The Morgan fingerprint density at radius 2 is 1.76 bits per heavy atom. The normalized spacial score (nSPS) is 10.6. The Hall–Kier alpha value is -4.06. The molecule has 0 aliphatic rings. The molecule has 0 saturated heterocycles. The molecule has 6 heteroatoms. The van der Waals surface area contributed by atoms with Gasteiger partial charge >= 0.3 is 0 Å². The molecule has 0 radical (unpaired) electrons. The van der Waals surface area contributed by atoms with Crippen LogP contribution in [0.3, 0.4) is 0 Å². The van der Waals surface area contributed by atoms with Crippen LogP contribution in [0.5, 0.6) is 11.5 Å². The molecule has 1 aromatic heterocycles. The summed E-state index contributed by atoms with van der Waals surface area (Å²) in [6.45, 7) is 3.08. The first-order valence-corrected chi connectivity index (χ1v) is 11.0. The van der Waals surface area contributed by atoms with Crippen LogP contribution < -0.4 is 14.8 Å². The third-order valence-electron chi connectivity index (χ3n) is 5.18. The van der Waals surface area contributed by atoms with Crippen molar-refractivity contribution in [2.75, 3.05) is 13.7 Å². The molecule has 0 saturated carbocycles. The van der Waals surface area contributed by atoms with E-state index < -0.39 is 0 Å². The van der Waals surface area contributed by atoms with Gasteiger partial charge in [0.25, 0.3) is 5.91 Å². The number of methoxy groups -OCH3 is 1. The molecule has 4 aromatic rings. The maximum Gasteiger partial charge on any atom is 0.251 e. The zero-order valence-corrected chi connectivity index (χ0v) is 18.8. The van der Waals surface area contributed by atoms with Crippen molar-refractivity contribution < 1.29 is 14.3 Å². The fourth-order valence-corrected chi connectivity index (χ4v) is 3.47. The van der Waals surface area contributed by atoms with Crippen LogP contribution in [0.2, 0.25) is 0 Å². The summed E-state index contributed by atoms with van der Waals surface area (Å²) in [5, 5.41) is 7.85. The van der Waals surface area contributed by atoms with Crippen LogP contribution in [-0.2, 0) is 6.54 Å². The van der Waals surface area contributed by atoms with Gasteiger partial charge in [-0.2, -0.15) is 5.10 Å². The summed E-state index contributed by atoms with van der Waals surface area (Å²) in [5.41, 5.74) is 4.17. The number of carbonyl (C=O) groups excluding carboxylic acids is 1. The minimum absolute atomic E-state index is 0.156. The average molecular weight is 442 g/mol. The van der Waals surface area contributed by atoms with Crippen molar-refractivity contribution in [3.63, 3.8) is 0 Å². The summed E-state index contributed by atoms with van der Waals surface area (Å²) in [4.78, 5) is 12.7. The predicted octanol–water partition coefficient (Wildman–Crippen LogP) is 5.27. The van der Waals surface area contributed by atoms with Gasteiger partial charge in [-0.05, 0) is 55.0 Å². The molecule has 1 N–H and O–H groups in total. The molecule has 1 amide bonds. The van der Waals surface area contributed by atoms with Gasteiger partial charge in [0.1, 0.15) is 11.5 Å². The Morgan fingerprint density at radius 1 is 0.970 bits per heavy atom. The van der Waals surface area contributed by atoms with Gasteiger partial charge in [-0.1, -0.05) is 37.3 Å². The van der Waals surface area contributed by atoms with E-state index in [1.54, 1.807) is 31.4 Å². The maximum atomic E-state index is 12.7. The summed E-state index contributed by atoms with van der Waals surface area (Å²) >= 11 is 0. The van der Waals surface area contributed by atoms with Crippen LogP contribution in [0.4, 0.5) is 0 Å². The monoisotopic (exact) mass is 441 g/mol. The second-order valence-corrected chi connectivity index (χ2v) is 7.57. The van der Waals surface area contributed by atoms with E-state index in [9.17, 15) is 4.79 Å². The van der Waals surface area contributed by atoms with Crippen LogP contribution in [0.15, 0.2) is 85.1 Å². The molecule has 0 bridgehead atoms. The van der Waals surface area contributed by atoms with Gasteiger partial charge in [0, 0.05) is 29.4 Å². The summed E-state index contributed by atoms with van der Waals surface area (Å²) in [6.07, 6.45) is 2.90. The molecule has 168 valence electrons. The van der Waals surface area contributed by atoms with Gasteiger partial charge in [0.2, 0.25) is 0 Å². The number of rotatable bonds is 9. The number of benzene rings is 3. The van der Waals surface area contributed by atoms with E-state index >= 15 is 0 Å². The molecule has 4 rings (SSSR count). The molecule has 0 aliphatic carbocycles. The number of hydrogen-bond acceptors (Lipinski definition) is 4. The minimum Gasteiger partial charge on any atom is -0.497 e. The zero-order valence-electron chi connectivity index (χ0n) is 18.8. The first-order valence-electron chi connectivity index (χ1n) is 11.0. The smallest absolute Gasteiger partial charge is 0.251 e. The van der Waals surface area contributed by atoms with E-state index in [0.717, 1.165) is 34.7 Å². The lowest BCUT2D eigenvalue weighted by Gasteiger charge is -2.08. The first-order chi connectivity index (χ1) is 16.2. The van der Waals surface area contributed by atoms with Crippen LogP contribution in [0.25, 0.3) is 16.9 Å². The summed E-state index contributed by atoms with van der Waals surface area (Å²) in [6, 6.07) is 24.8. The lowest BCUT2D eigenvalue weighted by molar-refractivity contribution is 0.0951. The number of ether oxygens (including phenoxy) is 2. The summed E-state index contributed by atoms with van der Waals surface area (Å²) in [7, 11) is 1.60. The van der Waals surface area contributed by atoms with Crippen molar-refractivity contribution >= 4 is 5.91 Å². The molecule has 33 heavy (non-hydrogen) atoms. The molecule has 0 aliphatic heterocycles. The molecule has 0 unspecified atom stereocenters. The molecular weight excluding hydrogens is 414 g/mol. The van der Waals surface area contributed by atoms with E-state index in [2.05, 4.69) is 12.2 Å². The molecule has 1 heterocycles. The summed E-state index contributed by atoms with van der Waals surface area (Å²) < 4.78 is 12.8. The largest absolute Gasteiger partial charge is 0.497 e. The summed E-state index contributed by atoms with van der Waals surface area (Å²) in [5.74, 6) is 1.36. The number of aromatic nitrogens is 2. The topological polar surface area (TPSA) is 65.4 Å². The lowest BCUT2D eigenvalue weighted by Crippen LogP contribution is -2.22. The predicted molar refractivity (Wildman–Crippen MR) is 129 cm³/mol. The minimum atomic E-state index is -0.156. The Labute approximate surface area is 193 Å². The van der Waals surface area contributed by atoms with Crippen molar-refractivity contribution in [1.82, 2.24) is 15.1 Å². The van der Waals surface area contributed by atoms with Crippen molar-refractivity contribution in [3.8, 4) is 28.4 Å². The zero-order chi connectivity index (χ0) is 23.0. The highest BCUT2D eigenvalue weighted by molar-refractivity contribution is 5.94. The SMILES string of the molecule is CCCOc1cccc(-c2nn(-c3ccccc3)cc2CNC(=O)c2ccc(OC)cc2)c1. The van der Waals surface area contributed by atoms with E-state index in [0.29, 0.717) is 24.5 Å². The van der Waals surface area contributed by atoms with Gasteiger partial charge < -0.3 is 14.8 Å². The number of nitrogens with one attached hydrogen (secondary N) is 1. The molecular formula is C27H27N3O3. The van der Waals surface area contributed by atoms with Crippen molar-refractivity contribution in [2.45, 2.75) is 19.9 Å². The fraction of sp³-hybridized carbons (Fsp3) is 0.185. The molecule has 0 fully saturated rings. The number of amides is 1. The molecule has 3 aromatic carbocycles. The van der Waals surface area contributed by atoms with Gasteiger partial charge in [0.15, 0.2) is 0 Å². The van der Waals surface area contributed by atoms with Crippen LogP contribution in [0.1, 0.15) is 29.3 Å². The number of para-hydroxylation sites is 1. The second kappa shape index (κ2) is 10.5. The average Bonchev–Trinajstić information content (AvgIpc) is 3.31. The Kier molecular flexibility index (Phi) is 7.05. The Morgan fingerprint density at radius 3 is 2.48 bits per heavy atom. The highest BCUT2D eigenvalue weighted by Gasteiger charge is 2.15. The van der Waals surface area contributed by atoms with Crippen LogP contribution >= 0.6 is 0 Å². The Balaban J connectivity index is 1.61. The number of nitrogens with zero attached hydrogens (tertiary/aromatic N) is 2. The van der Waals surface area contributed by atoms with Gasteiger partial charge in [0.05, 0.1) is 25.1 Å². The molecule has 6 nitrogen and oxygen atoms in total. The standard InChI is InChI=1S/C27H27N3O3/c1-3-16-33-25-11-7-8-21(17-25)26-22(19-30(29-26)23-9-5-4-6-10-23)18-28-27(31)20-12-14-24(32-2)15-13-20/h4-15,17,19H,3,16,18H2,1-2H3,(H,28,31). The van der Waals surface area contributed by atoms with E-state index in [4.69, 9.17) is 14.6 Å². The highest BCUT2D eigenvalue weighted by Crippen LogP contribution is 2.27. The quantitative estimate of drug-likeness (QED) is 0.384. The fourth-order valence-electron chi connectivity index (χ4n) is 3.47. The van der Waals surface area contributed by atoms with Crippen molar-refractivity contribution in [2.24, 2.45) is 0 Å². The third-order valence-corrected chi connectivity index (χ3v) is 5.18. The Bertz CT molecular complexity index is 1200. The highest BCUT2D eigenvalue weighted by atomic mass is 16.5.